The van der Waals surface area contributed by atoms with E-state index in [0.717, 1.165) is 12.7 Å². The second kappa shape index (κ2) is 5.01. The van der Waals surface area contributed by atoms with E-state index in [9.17, 15) is 18.0 Å². The lowest BCUT2D eigenvalue weighted by molar-refractivity contribution is -0.162. The van der Waals surface area contributed by atoms with Crippen LogP contribution >= 0.6 is 0 Å². The van der Waals surface area contributed by atoms with Crippen molar-refractivity contribution in [2.75, 3.05) is 19.3 Å². The molecule has 3 N–H and O–H groups in total. The van der Waals surface area contributed by atoms with E-state index in [1.54, 1.807) is 0 Å². The Morgan fingerprint density at radius 3 is 2.24 bits per heavy atom. The molecule has 0 bridgehead atoms. The van der Waals surface area contributed by atoms with Crippen molar-refractivity contribution < 1.29 is 23.1 Å². The molecule has 0 atom stereocenters. The van der Waals surface area contributed by atoms with Crippen LogP contribution < -0.4 is 10.0 Å². The molecule has 0 aromatic heterocycles. The van der Waals surface area contributed by atoms with Crippen LogP contribution in [0.2, 0.25) is 0 Å². The predicted molar refractivity (Wildman–Crippen MR) is 59.8 cm³/mol. The van der Waals surface area contributed by atoms with Gasteiger partial charge in [0.1, 0.15) is 5.41 Å². The first-order valence-corrected chi connectivity index (χ1v) is 7.13. The van der Waals surface area contributed by atoms with E-state index in [0.29, 0.717) is 12.8 Å². The Hall–Kier alpha value is -1.15. The maximum atomic E-state index is 11.6. The molecule has 98 valence electrons. The number of nitrogens with one attached hydrogen (secondary N) is 2. The second-order valence-electron chi connectivity index (χ2n) is 4.16. The summed E-state index contributed by atoms with van der Waals surface area (Å²) in [5, 5.41) is 11.4. The summed E-state index contributed by atoms with van der Waals surface area (Å²) < 4.78 is 23.7. The minimum atomic E-state index is -3.28. The Morgan fingerprint density at radius 1 is 1.29 bits per heavy atom. The Balaban J connectivity index is 2.37. The molecule has 17 heavy (non-hydrogen) atoms. The number of rotatable bonds is 6. The average molecular weight is 264 g/mol. The number of amides is 1. The van der Waals surface area contributed by atoms with Gasteiger partial charge in [0, 0.05) is 13.1 Å². The summed E-state index contributed by atoms with van der Waals surface area (Å²) in [5.74, 6) is -1.65. The largest absolute Gasteiger partial charge is 0.480 e. The number of hydrogen-bond acceptors (Lipinski definition) is 4. The van der Waals surface area contributed by atoms with Gasteiger partial charge in [-0.05, 0) is 12.8 Å². The summed E-state index contributed by atoms with van der Waals surface area (Å²) in [7, 11) is -3.28. The molecule has 0 heterocycles. The zero-order valence-corrected chi connectivity index (χ0v) is 10.3. The molecule has 0 saturated heterocycles. The van der Waals surface area contributed by atoms with Gasteiger partial charge in [-0.1, -0.05) is 6.42 Å². The van der Waals surface area contributed by atoms with Crippen molar-refractivity contribution in [1.82, 2.24) is 10.0 Å². The van der Waals surface area contributed by atoms with Gasteiger partial charge in [-0.15, -0.1) is 0 Å². The summed E-state index contributed by atoms with van der Waals surface area (Å²) >= 11 is 0. The molecule has 0 spiro atoms. The summed E-state index contributed by atoms with van der Waals surface area (Å²) in [5.41, 5.74) is -1.30. The summed E-state index contributed by atoms with van der Waals surface area (Å²) in [6, 6.07) is 0. The molecule has 0 aliphatic heterocycles. The van der Waals surface area contributed by atoms with Crippen LogP contribution in [0.5, 0.6) is 0 Å². The minimum Gasteiger partial charge on any atom is -0.480 e. The maximum absolute atomic E-state index is 11.6. The van der Waals surface area contributed by atoms with E-state index < -0.39 is 27.3 Å². The topological polar surface area (TPSA) is 113 Å². The Kier molecular flexibility index (Phi) is 4.10. The summed E-state index contributed by atoms with van der Waals surface area (Å²) in [6.45, 7) is 0.140. The molecule has 8 heteroatoms. The van der Waals surface area contributed by atoms with E-state index in [-0.39, 0.29) is 13.1 Å². The third-order valence-electron chi connectivity index (χ3n) is 2.83. The minimum absolute atomic E-state index is 0.0558. The molecule has 0 aromatic rings. The van der Waals surface area contributed by atoms with E-state index in [1.165, 1.54) is 0 Å². The van der Waals surface area contributed by atoms with Crippen LogP contribution in [-0.4, -0.2) is 44.7 Å². The van der Waals surface area contributed by atoms with Crippen LogP contribution in [0.3, 0.4) is 0 Å². The fourth-order valence-corrected chi connectivity index (χ4v) is 2.12. The fourth-order valence-electron chi connectivity index (χ4n) is 1.65. The Morgan fingerprint density at radius 2 is 1.88 bits per heavy atom. The normalized spacial score (nSPS) is 18.2. The highest BCUT2D eigenvalue weighted by molar-refractivity contribution is 7.88. The van der Waals surface area contributed by atoms with Crippen LogP contribution in [0.4, 0.5) is 0 Å². The Bertz CT molecular complexity index is 413. The SMILES string of the molecule is CS(=O)(=O)NCCNC(=O)C1(C(=O)O)CCC1. The molecule has 1 aliphatic carbocycles. The molecule has 0 radical (unpaired) electrons. The molecule has 1 rings (SSSR count). The molecule has 1 aliphatic rings. The van der Waals surface area contributed by atoms with Crippen LogP contribution in [0.1, 0.15) is 19.3 Å². The first-order chi connectivity index (χ1) is 7.78. The highest BCUT2D eigenvalue weighted by Crippen LogP contribution is 2.41. The van der Waals surface area contributed by atoms with Gasteiger partial charge < -0.3 is 10.4 Å². The lowest BCUT2D eigenvalue weighted by Gasteiger charge is -2.35. The monoisotopic (exact) mass is 264 g/mol. The number of carbonyl (C=O) groups excluding carboxylic acids is 1. The third kappa shape index (κ3) is 3.40. The number of carboxylic acid groups (broad SMARTS) is 1. The zero-order valence-electron chi connectivity index (χ0n) is 9.52. The van der Waals surface area contributed by atoms with Crippen molar-refractivity contribution in [1.29, 1.82) is 0 Å². The first-order valence-electron chi connectivity index (χ1n) is 5.24. The third-order valence-corrected chi connectivity index (χ3v) is 3.55. The highest BCUT2D eigenvalue weighted by atomic mass is 32.2. The van der Waals surface area contributed by atoms with Gasteiger partial charge in [-0.2, -0.15) is 0 Å². The number of carbonyl (C=O) groups is 2. The zero-order chi connectivity index (χ0) is 13.1. The van der Waals surface area contributed by atoms with Gasteiger partial charge in [0.15, 0.2) is 0 Å². The molecule has 0 aromatic carbocycles. The lowest BCUT2D eigenvalue weighted by Crippen LogP contribution is -2.52. The Labute approximate surface area is 99.6 Å². The molecule has 0 unspecified atom stereocenters. The number of carboxylic acids is 1. The molecule has 1 saturated carbocycles. The quantitative estimate of drug-likeness (QED) is 0.416. The highest BCUT2D eigenvalue weighted by Gasteiger charge is 2.50. The molecule has 1 fully saturated rings. The van der Waals surface area contributed by atoms with Gasteiger partial charge in [-0.3, -0.25) is 9.59 Å². The van der Waals surface area contributed by atoms with Gasteiger partial charge >= 0.3 is 5.97 Å². The van der Waals surface area contributed by atoms with E-state index in [1.807, 2.05) is 0 Å². The van der Waals surface area contributed by atoms with Crippen molar-refractivity contribution in [2.45, 2.75) is 19.3 Å². The molecular formula is C9H16N2O5S. The summed E-state index contributed by atoms with van der Waals surface area (Å²) in [6.07, 6.45) is 2.42. The predicted octanol–water partition coefficient (Wildman–Crippen LogP) is -1.09. The summed E-state index contributed by atoms with van der Waals surface area (Å²) in [4.78, 5) is 22.6. The number of aliphatic carboxylic acids is 1. The van der Waals surface area contributed by atoms with Crippen LogP contribution in [-0.2, 0) is 19.6 Å². The van der Waals surface area contributed by atoms with Crippen molar-refractivity contribution in [2.24, 2.45) is 5.41 Å². The molecular weight excluding hydrogens is 248 g/mol. The smallest absolute Gasteiger partial charge is 0.319 e. The number of sulfonamides is 1. The van der Waals surface area contributed by atoms with Crippen molar-refractivity contribution in [3.8, 4) is 0 Å². The lowest BCUT2D eigenvalue weighted by atomic mass is 9.68. The van der Waals surface area contributed by atoms with Crippen LogP contribution in [0, 0.1) is 5.41 Å². The molecule has 7 nitrogen and oxygen atoms in total. The van der Waals surface area contributed by atoms with Gasteiger partial charge in [-0.25, -0.2) is 13.1 Å². The standard InChI is InChI=1S/C9H16N2O5S/c1-17(15,16)11-6-5-10-7(12)9(8(13)14)3-2-4-9/h11H,2-6H2,1H3,(H,10,12)(H,13,14). The van der Waals surface area contributed by atoms with Crippen molar-refractivity contribution in [3.63, 3.8) is 0 Å². The van der Waals surface area contributed by atoms with Crippen molar-refractivity contribution >= 4 is 21.9 Å². The van der Waals surface area contributed by atoms with E-state index in [4.69, 9.17) is 5.11 Å². The van der Waals surface area contributed by atoms with E-state index >= 15 is 0 Å². The van der Waals surface area contributed by atoms with Crippen molar-refractivity contribution in [3.05, 3.63) is 0 Å². The maximum Gasteiger partial charge on any atom is 0.319 e. The van der Waals surface area contributed by atoms with Gasteiger partial charge in [0.05, 0.1) is 6.26 Å². The first kappa shape index (κ1) is 13.9. The second-order valence-corrected chi connectivity index (χ2v) is 6.00. The average Bonchev–Trinajstić information content (AvgIpc) is 2.08. The van der Waals surface area contributed by atoms with E-state index in [2.05, 4.69) is 10.0 Å². The van der Waals surface area contributed by atoms with Gasteiger partial charge in [0.2, 0.25) is 15.9 Å². The number of hydrogen-bond donors (Lipinski definition) is 3. The van der Waals surface area contributed by atoms with Gasteiger partial charge in [0.25, 0.3) is 0 Å². The molecule has 1 amide bonds. The van der Waals surface area contributed by atoms with Crippen LogP contribution in [0.25, 0.3) is 0 Å². The fraction of sp³-hybridized carbons (Fsp3) is 0.778. The van der Waals surface area contributed by atoms with Crippen LogP contribution in [0.15, 0.2) is 0 Å².